The second-order valence-corrected chi connectivity index (χ2v) is 7.25. The van der Waals surface area contributed by atoms with E-state index >= 15 is 0 Å². The Balaban J connectivity index is 2.98. The number of ether oxygens (including phenoxy) is 1. The van der Waals surface area contributed by atoms with E-state index in [0.29, 0.717) is 6.42 Å². The molecule has 0 fully saturated rings. The minimum Gasteiger partial charge on any atom is -0.508 e. The first-order chi connectivity index (χ1) is 14.1. The molecule has 30 heavy (non-hydrogen) atoms. The van der Waals surface area contributed by atoms with Crippen molar-refractivity contribution in [3.63, 3.8) is 0 Å². The van der Waals surface area contributed by atoms with Crippen LogP contribution in [0.1, 0.15) is 39.7 Å². The number of carbonyl (C=O) groups is 4. The fraction of sp³-hybridized carbons (Fsp3) is 0.524. The molecule has 0 spiro atoms. The number of aromatic hydroxyl groups is 1. The van der Waals surface area contributed by atoms with Gasteiger partial charge in [0.2, 0.25) is 17.7 Å². The van der Waals surface area contributed by atoms with Gasteiger partial charge in [-0.3, -0.25) is 14.4 Å². The maximum Gasteiger partial charge on any atom is 0.328 e. The molecular formula is C21H31N3O6. The summed E-state index contributed by atoms with van der Waals surface area (Å²) in [5.41, 5.74) is 0.727. The topological polar surface area (TPSA) is 134 Å². The number of hydrogen-bond donors (Lipinski definition) is 4. The van der Waals surface area contributed by atoms with Crippen LogP contribution in [0.2, 0.25) is 0 Å². The Morgan fingerprint density at radius 3 is 2.10 bits per heavy atom. The largest absolute Gasteiger partial charge is 0.508 e. The van der Waals surface area contributed by atoms with E-state index in [9.17, 15) is 24.3 Å². The van der Waals surface area contributed by atoms with E-state index in [0.717, 1.165) is 5.56 Å². The minimum absolute atomic E-state index is 0.0903. The van der Waals surface area contributed by atoms with Crippen molar-refractivity contribution < 1.29 is 29.0 Å². The van der Waals surface area contributed by atoms with Crippen LogP contribution in [0.5, 0.6) is 5.75 Å². The molecule has 4 atom stereocenters. The third kappa shape index (κ3) is 7.73. The van der Waals surface area contributed by atoms with Gasteiger partial charge in [-0.2, -0.15) is 0 Å². The smallest absolute Gasteiger partial charge is 0.328 e. The van der Waals surface area contributed by atoms with Crippen LogP contribution in [0.15, 0.2) is 24.3 Å². The summed E-state index contributed by atoms with van der Waals surface area (Å²) in [6, 6.07) is 3.59. The molecule has 4 N–H and O–H groups in total. The maximum absolute atomic E-state index is 12.9. The molecular weight excluding hydrogens is 390 g/mol. The molecule has 0 saturated carbocycles. The second-order valence-electron chi connectivity index (χ2n) is 7.25. The third-order valence-corrected chi connectivity index (χ3v) is 4.78. The van der Waals surface area contributed by atoms with Crippen molar-refractivity contribution in [3.05, 3.63) is 29.8 Å². The van der Waals surface area contributed by atoms with Crippen molar-refractivity contribution in [1.82, 2.24) is 16.0 Å². The van der Waals surface area contributed by atoms with E-state index in [4.69, 9.17) is 0 Å². The summed E-state index contributed by atoms with van der Waals surface area (Å²) in [6.07, 6.45) is 0.785. The van der Waals surface area contributed by atoms with Crippen LogP contribution in [-0.4, -0.2) is 54.0 Å². The first kappa shape index (κ1) is 24.9. The number of benzene rings is 1. The van der Waals surface area contributed by atoms with Gasteiger partial charge < -0.3 is 25.8 Å². The average molecular weight is 421 g/mol. The number of carbonyl (C=O) groups excluding carboxylic acids is 4. The molecule has 0 heterocycles. The predicted octanol–water partition coefficient (Wildman–Crippen LogP) is 0.648. The molecule has 0 aliphatic heterocycles. The predicted molar refractivity (Wildman–Crippen MR) is 110 cm³/mol. The molecule has 0 saturated heterocycles. The first-order valence-corrected chi connectivity index (χ1v) is 9.82. The molecule has 0 aromatic heterocycles. The van der Waals surface area contributed by atoms with E-state index < -0.39 is 41.8 Å². The van der Waals surface area contributed by atoms with Gasteiger partial charge in [-0.25, -0.2) is 4.79 Å². The van der Waals surface area contributed by atoms with Crippen LogP contribution in [0.25, 0.3) is 0 Å². The number of methoxy groups -OCH3 is 1. The molecule has 0 aliphatic carbocycles. The van der Waals surface area contributed by atoms with E-state index in [1.807, 2.05) is 6.92 Å². The van der Waals surface area contributed by atoms with Crippen molar-refractivity contribution in [1.29, 1.82) is 0 Å². The second kappa shape index (κ2) is 11.8. The van der Waals surface area contributed by atoms with Crippen molar-refractivity contribution in [2.45, 2.75) is 58.7 Å². The van der Waals surface area contributed by atoms with Gasteiger partial charge in [0, 0.05) is 13.3 Å². The molecule has 0 radical (unpaired) electrons. The molecule has 166 valence electrons. The Kier molecular flexibility index (Phi) is 9.80. The van der Waals surface area contributed by atoms with Gasteiger partial charge in [0.15, 0.2) is 0 Å². The monoisotopic (exact) mass is 421 g/mol. The maximum atomic E-state index is 12.9. The summed E-state index contributed by atoms with van der Waals surface area (Å²) >= 11 is 0. The highest BCUT2D eigenvalue weighted by atomic mass is 16.5. The number of rotatable bonds is 10. The van der Waals surface area contributed by atoms with Gasteiger partial charge in [-0.15, -0.1) is 0 Å². The Bertz CT molecular complexity index is 750. The number of hydrogen-bond acceptors (Lipinski definition) is 6. The summed E-state index contributed by atoms with van der Waals surface area (Å²) in [5, 5.41) is 17.3. The summed E-state index contributed by atoms with van der Waals surface area (Å²) in [4.78, 5) is 48.8. The van der Waals surface area contributed by atoms with Gasteiger partial charge in [-0.1, -0.05) is 32.4 Å². The van der Waals surface area contributed by atoms with Crippen LogP contribution in [-0.2, 0) is 30.3 Å². The summed E-state index contributed by atoms with van der Waals surface area (Å²) in [6.45, 7) is 6.47. The molecule has 3 amide bonds. The normalized spacial score (nSPS) is 14.6. The lowest BCUT2D eigenvalue weighted by molar-refractivity contribution is -0.145. The third-order valence-electron chi connectivity index (χ3n) is 4.78. The van der Waals surface area contributed by atoms with Crippen LogP contribution in [0.4, 0.5) is 0 Å². The Labute approximate surface area is 176 Å². The number of phenols is 1. The number of nitrogens with one attached hydrogen (secondary N) is 3. The molecule has 1 aromatic carbocycles. The lowest BCUT2D eigenvalue weighted by Crippen LogP contribution is -2.57. The summed E-state index contributed by atoms with van der Waals surface area (Å²) in [5.74, 6) is -2.15. The number of esters is 1. The lowest BCUT2D eigenvalue weighted by atomic mass is 9.97. The highest BCUT2D eigenvalue weighted by molar-refractivity contribution is 5.93. The average Bonchev–Trinajstić information content (AvgIpc) is 2.71. The van der Waals surface area contributed by atoms with Crippen molar-refractivity contribution in [2.75, 3.05) is 7.11 Å². The zero-order chi connectivity index (χ0) is 22.8. The van der Waals surface area contributed by atoms with Crippen molar-refractivity contribution >= 4 is 23.7 Å². The first-order valence-electron chi connectivity index (χ1n) is 9.82. The molecule has 0 aliphatic rings. The van der Waals surface area contributed by atoms with Crippen LogP contribution in [0, 0.1) is 5.92 Å². The fourth-order valence-corrected chi connectivity index (χ4v) is 2.82. The SMILES string of the molecule is CCC(C)[C@H](NC(=O)[C@H](Cc1ccc(O)cc1)NC(C)=O)C(=O)N[C@@H](C)C(=O)OC. The molecule has 1 unspecified atom stereocenters. The van der Waals surface area contributed by atoms with Crippen LogP contribution in [0.3, 0.4) is 0 Å². The van der Waals surface area contributed by atoms with Gasteiger partial charge in [-0.05, 0) is 30.5 Å². The zero-order valence-corrected chi connectivity index (χ0v) is 18.0. The highest BCUT2D eigenvalue weighted by Crippen LogP contribution is 2.13. The zero-order valence-electron chi connectivity index (χ0n) is 18.0. The summed E-state index contributed by atoms with van der Waals surface area (Å²) in [7, 11) is 1.22. The van der Waals surface area contributed by atoms with Gasteiger partial charge >= 0.3 is 5.97 Å². The quantitative estimate of drug-likeness (QED) is 0.410. The van der Waals surface area contributed by atoms with E-state index in [-0.39, 0.29) is 18.1 Å². The standard InChI is InChI=1S/C21H31N3O6/c1-6-12(2)18(20(28)22-13(3)21(29)30-5)24-19(27)17(23-14(4)25)11-15-7-9-16(26)10-8-15/h7-10,12-13,17-18,26H,6,11H2,1-5H3,(H,22,28)(H,23,25)(H,24,27)/t12?,13-,17-,18-/m0/s1. The van der Waals surface area contributed by atoms with Crippen molar-refractivity contribution in [3.8, 4) is 5.75 Å². The highest BCUT2D eigenvalue weighted by Gasteiger charge is 2.31. The van der Waals surface area contributed by atoms with Gasteiger partial charge in [0.25, 0.3) is 0 Å². The lowest BCUT2D eigenvalue weighted by Gasteiger charge is -2.27. The Hall–Kier alpha value is -3.10. The van der Waals surface area contributed by atoms with Crippen LogP contribution >= 0.6 is 0 Å². The molecule has 1 aromatic rings. The van der Waals surface area contributed by atoms with Gasteiger partial charge in [0.1, 0.15) is 23.9 Å². The van der Waals surface area contributed by atoms with E-state index in [1.54, 1.807) is 19.1 Å². The number of phenolic OH excluding ortho intramolecular Hbond substituents is 1. The number of amides is 3. The van der Waals surface area contributed by atoms with E-state index in [2.05, 4.69) is 20.7 Å². The Morgan fingerprint density at radius 1 is 1.00 bits per heavy atom. The van der Waals surface area contributed by atoms with Crippen LogP contribution < -0.4 is 16.0 Å². The molecule has 9 nitrogen and oxygen atoms in total. The van der Waals surface area contributed by atoms with Crippen molar-refractivity contribution in [2.24, 2.45) is 5.92 Å². The van der Waals surface area contributed by atoms with Gasteiger partial charge in [0.05, 0.1) is 7.11 Å². The minimum atomic E-state index is -0.913. The molecule has 9 heteroatoms. The Morgan fingerprint density at radius 2 is 1.60 bits per heavy atom. The van der Waals surface area contributed by atoms with E-state index in [1.165, 1.54) is 33.1 Å². The molecule has 1 rings (SSSR count). The fourth-order valence-electron chi connectivity index (χ4n) is 2.82. The summed E-state index contributed by atoms with van der Waals surface area (Å²) < 4.78 is 4.61. The molecule has 0 bridgehead atoms.